The minimum absolute atomic E-state index is 0.00648. The van der Waals surface area contributed by atoms with Crippen molar-refractivity contribution in [2.24, 2.45) is 12.8 Å². The molecule has 1 amide bonds. The Labute approximate surface area is 184 Å². The third-order valence-corrected chi connectivity index (χ3v) is 5.12. The molecule has 1 unspecified atom stereocenters. The normalized spacial score (nSPS) is 20.6. The van der Waals surface area contributed by atoms with Crippen LogP contribution in [0, 0.1) is 0 Å². The largest absolute Gasteiger partial charge is 0.490 e. The fraction of sp³-hybridized carbons (Fsp3) is 0.611. The molecule has 1 aliphatic rings. The summed E-state index contributed by atoms with van der Waals surface area (Å²) in [4.78, 5) is 32.5. The van der Waals surface area contributed by atoms with Gasteiger partial charge in [0.15, 0.2) is 0 Å². The molecule has 31 heavy (non-hydrogen) atoms. The number of alkyl halides is 3. The predicted molar refractivity (Wildman–Crippen MR) is 108 cm³/mol. The average Bonchev–Trinajstić information content (AvgIpc) is 2.66. The zero-order chi connectivity index (χ0) is 23.9. The van der Waals surface area contributed by atoms with Crippen molar-refractivity contribution < 1.29 is 37.7 Å². The summed E-state index contributed by atoms with van der Waals surface area (Å²) in [6, 6.07) is 0.601. The fourth-order valence-electron chi connectivity index (χ4n) is 2.69. The van der Waals surface area contributed by atoms with E-state index in [1.807, 2.05) is 0 Å². The van der Waals surface area contributed by atoms with Crippen LogP contribution in [0.25, 0.3) is 0 Å². The van der Waals surface area contributed by atoms with Gasteiger partial charge in [-0.25, -0.2) is 4.79 Å². The number of aliphatic hydroxyl groups is 1. The number of nitrogens with one attached hydrogen (secondary N) is 1. The summed E-state index contributed by atoms with van der Waals surface area (Å²) in [5.74, 6) is -2.54. The third-order valence-electron chi connectivity index (χ3n) is 4.52. The van der Waals surface area contributed by atoms with Crippen LogP contribution in [0.15, 0.2) is 21.5 Å². The Balaban J connectivity index is 0.000000592. The third kappa shape index (κ3) is 8.87. The number of halogens is 4. The lowest BCUT2D eigenvalue weighted by Gasteiger charge is -2.30. The van der Waals surface area contributed by atoms with E-state index >= 15 is 0 Å². The van der Waals surface area contributed by atoms with Gasteiger partial charge in [0.1, 0.15) is 11.8 Å². The molecule has 5 N–H and O–H groups in total. The molecule has 13 heteroatoms. The van der Waals surface area contributed by atoms with Crippen LogP contribution in [-0.4, -0.2) is 57.1 Å². The molecule has 1 fully saturated rings. The summed E-state index contributed by atoms with van der Waals surface area (Å²) in [5.41, 5.74) is 5.50. The number of pyridine rings is 1. The molecule has 1 saturated carbocycles. The first kappa shape index (κ1) is 26.9. The highest BCUT2D eigenvalue weighted by atomic mass is 79.9. The molecule has 9 nitrogen and oxygen atoms in total. The van der Waals surface area contributed by atoms with Crippen LogP contribution in [0.5, 0.6) is 5.75 Å². The number of aryl methyl sites for hydroxylation is 1. The molecule has 1 aliphatic carbocycles. The van der Waals surface area contributed by atoms with E-state index in [9.17, 15) is 27.9 Å². The highest BCUT2D eigenvalue weighted by Gasteiger charge is 2.38. The standard InChI is InChI=1S/C16H24BrN3O4.C2HF3O2/c1-9(21)15(18)16(23)19-10-3-5-11(6-4-10)24-13-7-14(22)20(2)8-12(13)17;3-2(4,5)1(6)7/h7-11,15,21H,3-6,18H2,1-2H3,(H,19,23);(H,6,7)/t9?,10-,11-,15-;/m0./s1. The molecular formula is C18H25BrF3N3O6. The molecule has 1 aromatic heterocycles. The lowest BCUT2D eigenvalue weighted by Crippen LogP contribution is -2.51. The number of ether oxygens (including phenoxy) is 1. The van der Waals surface area contributed by atoms with Gasteiger partial charge < -0.3 is 30.6 Å². The topological polar surface area (TPSA) is 144 Å². The summed E-state index contributed by atoms with van der Waals surface area (Å²) in [7, 11) is 1.68. The number of carbonyl (C=O) groups excluding carboxylic acids is 1. The number of carboxylic acid groups (broad SMARTS) is 1. The second kappa shape index (κ2) is 11.5. The van der Waals surface area contributed by atoms with Crippen molar-refractivity contribution >= 4 is 27.8 Å². The van der Waals surface area contributed by atoms with Gasteiger partial charge in [0.05, 0.1) is 16.7 Å². The average molecular weight is 516 g/mol. The lowest BCUT2D eigenvalue weighted by molar-refractivity contribution is -0.192. The summed E-state index contributed by atoms with van der Waals surface area (Å²) in [5, 5.41) is 19.4. The SMILES string of the molecule is CC(O)[C@H](N)C(=O)N[C@H]1CC[C@H](Oc2cc(=O)n(C)cc2Br)CC1.O=C(O)C(F)(F)F. The van der Waals surface area contributed by atoms with Crippen LogP contribution in [-0.2, 0) is 16.6 Å². The van der Waals surface area contributed by atoms with Crippen molar-refractivity contribution in [1.29, 1.82) is 0 Å². The van der Waals surface area contributed by atoms with Gasteiger partial charge in [-0.2, -0.15) is 13.2 Å². The zero-order valence-corrected chi connectivity index (χ0v) is 18.4. The maximum absolute atomic E-state index is 11.9. The van der Waals surface area contributed by atoms with E-state index in [4.69, 9.17) is 20.4 Å². The number of aromatic nitrogens is 1. The van der Waals surface area contributed by atoms with E-state index in [1.165, 1.54) is 17.6 Å². The van der Waals surface area contributed by atoms with Gasteiger partial charge in [-0.3, -0.25) is 9.59 Å². The van der Waals surface area contributed by atoms with E-state index < -0.39 is 24.3 Å². The first-order chi connectivity index (χ1) is 14.2. The summed E-state index contributed by atoms with van der Waals surface area (Å²) >= 11 is 3.40. The maximum atomic E-state index is 11.9. The number of nitrogens with two attached hydrogens (primary N) is 1. The van der Waals surface area contributed by atoms with E-state index in [2.05, 4.69) is 21.2 Å². The molecule has 176 valence electrons. The first-order valence-electron chi connectivity index (χ1n) is 9.29. The molecule has 0 spiro atoms. The Morgan fingerprint density at radius 3 is 2.29 bits per heavy atom. The number of hydrogen-bond acceptors (Lipinski definition) is 6. The van der Waals surface area contributed by atoms with Crippen molar-refractivity contribution in [3.63, 3.8) is 0 Å². The fourth-order valence-corrected chi connectivity index (χ4v) is 3.21. The zero-order valence-electron chi connectivity index (χ0n) is 16.9. The molecule has 2 rings (SSSR count). The number of carboxylic acids is 1. The second-order valence-electron chi connectivity index (χ2n) is 7.10. The summed E-state index contributed by atoms with van der Waals surface area (Å²) in [6.07, 6.45) is -1.18. The van der Waals surface area contributed by atoms with E-state index in [1.54, 1.807) is 13.2 Å². The molecule has 0 aromatic carbocycles. The number of rotatable bonds is 5. The lowest BCUT2D eigenvalue weighted by atomic mass is 9.92. The molecule has 0 aliphatic heterocycles. The maximum Gasteiger partial charge on any atom is 0.490 e. The number of aliphatic carboxylic acids is 1. The number of nitrogens with zero attached hydrogens (tertiary/aromatic N) is 1. The van der Waals surface area contributed by atoms with Gasteiger partial charge in [0.25, 0.3) is 5.56 Å². The molecule has 0 radical (unpaired) electrons. The van der Waals surface area contributed by atoms with Crippen molar-refractivity contribution in [3.8, 4) is 5.75 Å². The van der Waals surface area contributed by atoms with Crippen LogP contribution in [0.2, 0.25) is 0 Å². The molecule has 0 saturated heterocycles. The van der Waals surface area contributed by atoms with Crippen molar-refractivity contribution in [3.05, 3.63) is 27.1 Å². The minimum Gasteiger partial charge on any atom is -0.489 e. The van der Waals surface area contributed by atoms with Gasteiger partial charge in [0, 0.05) is 25.4 Å². The van der Waals surface area contributed by atoms with Crippen molar-refractivity contribution in [1.82, 2.24) is 9.88 Å². The molecule has 2 atom stereocenters. The highest BCUT2D eigenvalue weighted by molar-refractivity contribution is 9.10. The highest BCUT2D eigenvalue weighted by Crippen LogP contribution is 2.28. The van der Waals surface area contributed by atoms with Gasteiger partial charge in [-0.05, 0) is 48.5 Å². The molecular weight excluding hydrogens is 491 g/mol. The molecule has 1 aromatic rings. The number of hydrogen-bond donors (Lipinski definition) is 4. The quantitative estimate of drug-likeness (QED) is 0.462. The van der Waals surface area contributed by atoms with Gasteiger partial charge in [-0.1, -0.05) is 0 Å². The Morgan fingerprint density at radius 2 is 1.84 bits per heavy atom. The van der Waals surface area contributed by atoms with E-state index in [0.717, 1.165) is 30.2 Å². The monoisotopic (exact) mass is 515 g/mol. The van der Waals surface area contributed by atoms with E-state index in [0.29, 0.717) is 5.75 Å². The molecule has 0 bridgehead atoms. The first-order valence-corrected chi connectivity index (χ1v) is 10.1. The number of amides is 1. The van der Waals surface area contributed by atoms with Crippen LogP contribution < -0.4 is 21.3 Å². The summed E-state index contributed by atoms with van der Waals surface area (Å²) < 4.78 is 39.9. The van der Waals surface area contributed by atoms with Crippen molar-refractivity contribution in [2.45, 2.75) is 63.1 Å². The van der Waals surface area contributed by atoms with E-state index in [-0.39, 0.29) is 23.6 Å². The smallest absolute Gasteiger partial charge is 0.489 e. The van der Waals surface area contributed by atoms with Crippen molar-refractivity contribution in [2.75, 3.05) is 0 Å². The van der Waals surface area contributed by atoms with Crippen LogP contribution in [0.3, 0.4) is 0 Å². The number of carbonyl (C=O) groups is 2. The summed E-state index contributed by atoms with van der Waals surface area (Å²) in [6.45, 7) is 1.50. The van der Waals surface area contributed by atoms with Crippen LogP contribution in [0.1, 0.15) is 32.6 Å². The Bertz CT molecular complexity index is 823. The minimum atomic E-state index is -5.08. The number of aliphatic hydroxyl groups excluding tert-OH is 1. The predicted octanol–water partition coefficient (Wildman–Crippen LogP) is 1.30. The second-order valence-corrected chi connectivity index (χ2v) is 7.96. The van der Waals surface area contributed by atoms with Gasteiger partial charge in [0.2, 0.25) is 5.91 Å². The van der Waals surface area contributed by atoms with Gasteiger partial charge in [-0.15, -0.1) is 0 Å². The Morgan fingerprint density at radius 1 is 1.32 bits per heavy atom. The van der Waals surface area contributed by atoms with Crippen LogP contribution in [0.4, 0.5) is 13.2 Å². The van der Waals surface area contributed by atoms with Gasteiger partial charge >= 0.3 is 12.1 Å². The Kier molecular flexibility index (Phi) is 9.97. The Hall–Kier alpha value is -2.12. The molecule has 1 heterocycles. The van der Waals surface area contributed by atoms with Crippen LogP contribution >= 0.6 is 15.9 Å².